The molecule has 2 amide bonds. The fraction of sp³-hybridized carbons (Fsp3) is 0.533. The number of para-hydroxylation sites is 1. The molecule has 1 aromatic rings. The summed E-state index contributed by atoms with van der Waals surface area (Å²) in [6.07, 6.45) is -1.97. The Morgan fingerprint density at radius 3 is 2.38 bits per heavy atom. The van der Waals surface area contributed by atoms with Crippen molar-refractivity contribution in [3.05, 3.63) is 29.8 Å². The summed E-state index contributed by atoms with van der Waals surface area (Å²) in [5.74, 6) is 0. The number of hydrogen-bond acceptors (Lipinski definition) is 1. The van der Waals surface area contributed by atoms with Crippen LogP contribution in [0.5, 0.6) is 0 Å². The van der Waals surface area contributed by atoms with Crippen LogP contribution in [0.15, 0.2) is 24.3 Å². The van der Waals surface area contributed by atoms with Crippen molar-refractivity contribution in [1.29, 1.82) is 0 Å². The van der Waals surface area contributed by atoms with Gasteiger partial charge in [-0.2, -0.15) is 13.2 Å². The van der Waals surface area contributed by atoms with E-state index in [-0.39, 0.29) is 5.69 Å². The molecule has 6 heteroatoms. The third-order valence-electron chi connectivity index (χ3n) is 3.04. The molecule has 0 aromatic heterocycles. The lowest BCUT2D eigenvalue weighted by Crippen LogP contribution is -2.36. The van der Waals surface area contributed by atoms with Crippen molar-refractivity contribution in [2.75, 3.05) is 18.4 Å². The summed E-state index contributed by atoms with van der Waals surface area (Å²) in [6.45, 7) is 5.00. The highest BCUT2D eigenvalue weighted by atomic mass is 19.4. The summed E-state index contributed by atoms with van der Waals surface area (Å²) in [4.78, 5) is 13.7. The molecule has 1 rings (SSSR count). The Hall–Kier alpha value is -1.72. The second-order valence-electron chi connectivity index (χ2n) is 4.81. The van der Waals surface area contributed by atoms with Gasteiger partial charge in [-0.25, -0.2) is 4.79 Å². The van der Waals surface area contributed by atoms with Crippen LogP contribution in [0.1, 0.15) is 38.7 Å². The Morgan fingerprint density at radius 2 is 1.81 bits per heavy atom. The van der Waals surface area contributed by atoms with E-state index in [1.807, 2.05) is 13.8 Å². The van der Waals surface area contributed by atoms with E-state index in [1.165, 1.54) is 18.2 Å². The number of rotatable bonds is 6. The molecule has 0 saturated carbocycles. The zero-order chi connectivity index (χ0) is 15.9. The molecule has 21 heavy (non-hydrogen) atoms. The average Bonchev–Trinajstić information content (AvgIpc) is 2.42. The highest BCUT2D eigenvalue weighted by Crippen LogP contribution is 2.34. The smallest absolute Gasteiger partial charge is 0.325 e. The summed E-state index contributed by atoms with van der Waals surface area (Å²) in [5.41, 5.74) is -1.03. The Labute approximate surface area is 123 Å². The third-order valence-corrected chi connectivity index (χ3v) is 3.04. The number of amides is 2. The maximum Gasteiger partial charge on any atom is 0.418 e. The molecule has 0 aliphatic rings. The molecular weight excluding hydrogens is 281 g/mol. The van der Waals surface area contributed by atoms with E-state index in [0.717, 1.165) is 25.3 Å². The van der Waals surface area contributed by atoms with Crippen LogP contribution < -0.4 is 5.32 Å². The van der Waals surface area contributed by atoms with Crippen molar-refractivity contribution in [1.82, 2.24) is 4.90 Å². The van der Waals surface area contributed by atoms with Crippen molar-refractivity contribution in [2.24, 2.45) is 0 Å². The van der Waals surface area contributed by atoms with Gasteiger partial charge in [0.05, 0.1) is 11.3 Å². The molecule has 0 aliphatic carbocycles. The normalized spacial score (nSPS) is 11.3. The summed E-state index contributed by atoms with van der Waals surface area (Å²) < 4.78 is 38.7. The van der Waals surface area contributed by atoms with Gasteiger partial charge in [0.2, 0.25) is 0 Å². The number of carbonyl (C=O) groups is 1. The van der Waals surface area contributed by atoms with E-state index in [4.69, 9.17) is 0 Å². The Morgan fingerprint density at radius 1 is 1.14 bits per heavy atom. The first-order chi connectivity index (χ1) is 9.90. The van der Waals surface area contributed by atoms with Gasteiger partial charge in [-0.05, 0) is 25.0 Å². The van der Waals surface area contributed by atoms with Gasteiger partial charge in [0.15, 0.2) is 0 Å². The molecule has 1 aromatic carbocycles. The zero-order valence-electron chi connectivity index (χ0n) is 12.3. The second kappa shape index (κ2) is 7.90. The number of halogens is 3. The molecule has 0 atom stereocenters. The van der Waals surface area contributed by atoms with Crippen LogP contribution in [-0.4, -0.2) is 24.0 Å². The van der Waals surface area contributed by atoms with Gasteiger partial charge < -0.3 is 10.2 Å². The standard InChI is InChI=1S/C15H21F3N2O/c1-3-5-11-20(10-4-2)14(21)19-13-9-7-6-8-12(13)15(16,17)18/h6-9H,3-5,10-11H2,1-2H3,(H,19,21). The van der Waals surface area contributed by atoms with Crippen LogP contribution in [-0.2, 0) is 6.18 Å². The number of urea groups is 1. The van der Waals surface area contributed by atoms with E-state index in [2.05, 4.69) is 5.32 Å². The van der Waals surface area contributed by atoms with Gasteiger partial charge in [0.25, 0.3) is 0 Å². The van der Waals surface area contributed by atoms with Crippen LogP contribution in [0.4, 0.5) is 23.7 Å². The van der Waals surface area contributed by atoms with Crippen molar-refractivity contribution < 1.29 is 18.0 Å². The van der Waals surface area contributed by atoms with Gasteiger partial charge in [-0.15, -0.1) is 0 Å². The minimum Gasteiger partial charge on any atom is -0.325 e. The molecule has 0 heterocycles. The Balaban J connectivity index is 2.86. The number of benzene rings is 1. The third kappa shape index (κ3) is 5.28. The lowest BCUT2D eigenvalue weighted by atomic mass is 10.1. The van der Waals surface area contributed by atoms with E-state index in [0.29, 0.717) is 13.1 Å². The summed E-state index contributed by atoms with van der Waals surface area (Å²) in [5, 5.41) is 2.38. The number of nitrogens with one attached hydrogen (secondary N) is 1. The van der Waals surface area contributed by atoms with E-state index in [1.54, 1.807) is 4.90 Å². The molecule has 3 nitrogen and oxygen atoms in total. The number of anilines is 1. The largest absolute Gasteiger partial charge is 0.418 e. The predicted molar refractivity (Wildman–Crippen MR) is 77.2 cm³/mol. The van der Waals surface area contributed by atoms with E-state index in [9.17, 15) is 18.0 Å². The molecule has 1 N–H and O–H groups in total. The monoisotopic (exact) mass is 302 g/mol. The number of carbonyl (C=O) groups excluding carboxylic acids is 1. The van der Waals surface area contributed by atoms with Crippen molar-refractivity contribution in [2.45, 2.75) is 39.3 Å². The fourth-order valence-electron chi connectivity index (χ4n) is 1.97. The topological polar surface area (TPSA) is 32.3 Å². The molecule has 118 valence electrons. The van der Waals surface area contributed by atoms with Crippen molar-refractivity contribution >= 4 is 11.7 Å². The van der Waals surface area contributed by atoms with Gasteiger partial charge in [0.1, 0.15) is 0 Å². The highest BCUT2D eigenvalue weighted by molar-refractivity contribution is 5.90. The molecule has 0 unspecified atom stereocenters. The molecule has 0 spiro atoms. The van der Waals surface area contributed by atoms with Gasteiger partial charge in [-0.3, -0.25) is 0 Å². The van der Waals surface area contributed by atoms with Crippen LogP contribution >= 0.6 is 0 Å². The Bertz CT molecular complexity index is 460. The summed E-state index contributed by atoms with van der Waals surface area (Å²) >= 11 is 0. The minimum atomic E-state index is -4.48. The molecule has 0 radical (unpaired) electrons. The minimum absolute atomic E-state index is 0.201. The molecule has 0 fully saturated rings. The van der Waals surface area contributed by atoms with Crippen molar-refractivity contribution in [3.63, 3.8) is 0 Å². The van der Waals surface area contributed by atoms with Crippen LogP contribution in [0.2, 0.25) is 0 Å². The van der Waals surface area contributed by atoms with Crippen LogP contribution in [0, 0.1) is 0 Å². The Kier molecular flexibility index (Phi) is 6.52. The lowest BCUT2D eigenvalue weighted by molar-refractivity contribution is -0.136. The molecule has 0 saturated heterocycles. The lowest BCUT2D eigenvalue weighted by Gasteiger charge is -2.23. The van der Waals surface area contributed by atoms with E-state index < -0.39 is 17.8 Å². The molecule has 0 bridgehead atoms. The van der Waals surface area contributed by atoms with Crippen LogP contribution in [0.3, 0.4) is 0 Å². The number of hydrogen-bond donors (Lipinski definition) is 1. The average molecular weight is 302 g/mol. The van der Waals surface area contributed by atoms with Crippen LogP contribution in [0.25, 0.3) is 0 Å². The zero-order valence-corrected chi connectivity index (χ0v) is 12.3. The number of unbranched alkanes of at least 4 members (excludes halogenated alkanes) is 1. The summed E-state index contributed by atoms with van der Waals surface area (Å²) in [7, 11) is 0. The van der Waals surface area contributed by atoms with Gasteiger partial charge in [-0.1, -0.05) is 32.4 Å². The maximum absolute atomic E-state index is 12.9. The highest BCUT2D eigenvalue weighted by Gasteiger charge is 2.33. The first kappa shape index (κ1) is 17.3. The van der Waals surface area contributed by atoms with E-state index >= 15 is 0 Å². The number of alkyl halides is 3. The maximum atomic E-state index is 12.9. The molecule has 0 aliphatic heterocycles. The fourth-order valence-corrected chi connectivity index (χ4v) is 1.97. The first-order valence-electron chi connectivity index (χ1n) is 7.12. The van der Waals surface area contributed by atoms with Gasteiger partial charge >= 0.3 is 12.2 Å². The molecular formula is C15H21F3N2O. The quantitative estimate of drug-likeness (QED) is 0.808. The van der Waals surface area contributed by atoms with Crippen molar-refractivity contribution in [3.8, 4) is 0 Å². The SMILES string of the molecule is CCCCN(CCC)C(=O)Nc1ccccc1C(F)(F)F. The predicted octanol–water partition coefficient (Wildman–Crippen LogP) is 4.75. The number of nitrogens with zero attached hydrogens (tertiary/aromatic N) is 1. The first-order valence-corrected chi connectivity index (χ1v) is 7.12. The second-order valence-corrected chi connectivity index (χ2v) is 4.81. The van der Waals surface area contributed by atoms with Gasteiger partial charge in [0, 0.05) is 13.1 Å². The summed E-state index contributed by atoms with van der Waals surface area (Å²) in [6, 6.07) is 4.53.